The third-order valence-electron chi connectivity index (χ3n) is 4.59. The van der Waals surface area contributed by atoms with Crippen molar-refractivity contribution in [3.63, 3.8) is 0 Å². The van der Waals surface area contributed by atoms with E-state index in [0.717, 1.165) is 16.0 Å². The molecule has 0 saturated carbocycles. The Hall–Kier alpha value is -3.03. The molecule has 2 aromatic heterocycles. The highest BCUT2D eigenvalue weighted by Gasteiger charge is 2.26. The Bertz CT molecular complexity index is 1130. The van der Waals surface area contributed by atoms with Gasteiger partial charge in [-0.15, -0.1) is 11.3 Å². The fourth-order valence-electron chi connectivity index (χ4n) is 3.16. The summed E-state index contributed by atoms with van der Waals surface area (Å²) in [5, 5.41) is 11.0. The number of hydrogen-bond donors (Lipinski definition) is 1. The van der Waals surface area contributed by atoms with Crippen molar-refractivity contribution >= 4 is 40.7 Å². The Labute approximate surface area is 182 Å². The number of carbonyl (C=O) groups is 2. The molecule has 3 aromatic rings. The highest BCUT2D eigenvalue weighted by molar-refractivity contribution is 7.17. The van der Waals surface area contributed by atoms with E-state index in [0.29, 0.717) is 34.3 Å². The second-order valence-corrected chi connectivity index (χ2v) is 8.33. The number of hydrogen-bond acceptors (Lipinski definition) is 6. The van der Waals surface area contributed by atoms with Gasteiger partial charge in [-0.25, -0.2) is 0 Å². The fraction of sp³-hybridized carbons (Fsp3) is 0.182. The Kier molecular flexibility index (Phi) is 5.92. The van der Waals surface area contributed by atoms with Crippen LogP contribution in [0.1, 0.15) is 27.9 Å². The molecule has 0 unspecified atom stereocenters. The van der Waals surface area contributed by atoms with Gasteiger partial charge in [0.2, 0.25) is 5.91 Å². The summed E-state index contributed by atoms with van der Waals surface area (Å²) >= 11 is 7.88. The molecule has 0 radical (unpaired) electrons. The van der Waals surface area contributed by atoms with E-state index in [9.17, 15) is 9.59 Å². The zero-order valence-corrected chi connectivity index (χ0v) is 17.7. The summed E-state index contributed by atoms with van der Waals surface area (Å²) in [6.07, 6.45) is 5.04. The van der Waals surface area contributed by atoms with Crippen LogP contribution >= 0.6 is 22.9 Å². The number of rotatable bonds is 6. The molecule has 0 aliphatic carbocycles. The van der Waals surface area contributed by atoms with Crippen LogP contribution in [0.5, 0.6) is 5.75 Å². The van der Waals surface area contributed by atoms with Crippen molar-refractivity contribution in [2.24, 2.45) is 0 Å². The predicted octanol–water partition coefficient (Wildman–Crippen LogP) is 4.19. The molecular weight excluding hydrogens is 422 g/mol. The molecule has 1 N–H and O–H groups in total. The van der Waals surface area contributed by atoms with E-state index in [1.54, 1.807) is 31.3 Å². The van der Waals surface area contributed by atoms with E-state index in [1.807, 2.05) is 24.3 Å². The number of carbonyl (C=O) groups excluding carboxylic acids is 2. The van der Waals surface area contributed by atoms with Crippen molar-refractivity contribution in [1.29, 1.82) is 0 Å². The van der Waals surface area contributed by atoms with Gasteiger partial charge >= 0.3 is 0 Å². The highest BCUT2D eigenvalue weighted by Crippen LogP contribution is 2.41. The van der Waals surface area contributed by atoms with Crippen LogP contribution in [0.25, 0.3) is 16.5 Å². The number of Topliss-reactive ketones (excluding diaryl/α,β-unsaturated/α-hetero) is 1. The topological polar surface area (TPSA) is 81.2 Å². The van der Waals surface area contributed by atoms with E-state index in [-0.39, 0.29) is 17.8 Å². The highest BCUT2D eigenvalue weighted by atomic mass is 35.5. The summed E-state index contributed by atoms with van der Waals surface area (Å²) in [7, 11) is 0. The molecule has 6 nitrogen and oxygen atoms in total. The van der Waals surface area contributed by atoms with Gasteiger partial charge in [-0.1, -0.05) is 11.6 Å². The standard InChI is InChI=1S/C22H18ClN3O3S/c1-13(27)19-5-6-20(30-19)14-9-15-10-17(29-22(15)18(23)11-14)12-24-21(28)7-4-16-3-2-8-25-26-16/h2-9,11,17H,10,12H2,1H3,(H,24,28)/b7-4+/t17-/m0/s1. The largest absolute Gasteiger partial charge is 0.486 e. The van der Waals surface area contributed by atoms with Crippen molar-refractivity contribution in [2.75, 3.05) is 6.54 Å². The average Bonchev–Trinajstić information content (AvgIpc) is 3.39. The number of fused-ring (bicyclic) bond motifs is 1. The second-order valence-electron chi connectivity index (χ2n) is 6.84. The van der Waals surface area contributed by atoms with Crippen molar-refractivity contribution in [3.05, 3.63) is 69.8 Å². The molecule has 152 valence electrons. The number of benzene rings is 1. The maximum Gasteiger partial charge on any atom is 0.244 e. The van der Waals surface area contributed by atoms with Gasteiger partial charge < -0.3 is 10.1 Å². The number of thiophene rings is 1. The van der Waals surface area contributed by atoms with Crippen molar-refractivity contribution in [3.8, 4) is 16.2 Å². The van der Waals surface area contributed by atoms with E-state index in [4.69, 9.17) is 16.3 Å². The molecule has 30 heavy (non-hydrogen) atoms. The number of halogens is 1. The Morgan fingerprint density at radius 3 is 2.93 bits per heavy atom. The molecule has 1 amide bonds. The summed E-state index contributed by atoms with van der Waals surface area (Å²) in [6, 6.07) is 11.2. The molecule has 1 aliphatic heterocycles. The molecule has 0 saturated heterocycles. The van der Waals surface area contributed by atoms with Gasteiger partial charge in [-0.3, -0.25) is 9.59 Å². The van der Waals surface area contributed by atoms with Crippen LogP contribution in [0.4, 0.5) is 0 Å². The van der Waals surface area contributed by atoms with E-state index >= 15 is 0 Å². The minimum Gasteiger partial charge on any atom is -0.486 e. The minimum atomic E-state index is -0.234. The molecule has 1 atom stereocenters. The van der Waals surface area contributed by atoms with Gasteiger partial charge in [0.25, 0.3) is 0 Å². The average molecular weight is 440 g/mol. The lowest BCUT2D eigenvalue weighted by molar-refractivity contribution is -0.116. The summed E-state index contributed by atoms with van der Waals surface area (Å²) in [5.74, 6) is 0.464. The lowest BCUT2D eigenvalue weighted by Gasteiger charge is -2.11. The van der Waals surface area contributed by atoms with Crippen LogP contribution in [0.2, 0.25) is 5.02 Å². The number of nitrogens with zero attached hydrogens (tertiary/aromatic N) is 2. The number of aromatic nitrogens is 2. The monoisotopic (exact) mass is 439 g/mol. The molecule has 4 rings (SSSR count). The van der Waals surface area contributed by atoms with Gasteiger partial charge in [-0.05, 0) is 55.0 Å². The molecule has 1 aliphatic rings. The van der Waals surface area contributed by atoms with E-state index in [2.05, 4.69) is 15.5 Å². The molecule has 0 bridgehead atoms. The van der Waals surface area contributed by atoms with E-state index < -0.39 is 0 Å². The normalized spacial score (nSPS) is 15.1. The molecule has 0 spiro atoms. The first-order valence-electron chi connectivity index (χ1n) is 9.33. The molecule has 3 heterocycles. The zero-order valence-electron chi connectivity index (χ0n) is 16.1. The first-order chi connectivity index (χ1) is 14.5. The van der Waals surface area contributed by atoms with Gasteiger partial charge in [0, 0.05) is 29.1 Å². The second kappa shape index (κ2) is 8.77. The molecular formula is C22H18ClN3O3S. The Morgan fingerprint density at radius 2 is 2.20 bits per heavy atom. The van der Waals surface area contributed by atoms with Crippen LogP contribution in [-0.2, 0) is 11.2 Å². The quantitative estimate of drug-likeness (QED) is 0.460. The number of ether oxygens (including phenoxy) is 1. The minimum absolute atomic E-state index is 0.0472. The maximum absolute atomic E-state index is 12.1. The number of ketones is 1. The third-order valence-corrected chi connectivity index (χ3v) is 6.11. The summed E-state index contributed by atoms with van der Waals surface area (Å²) < 4.78 is 5.94. The van der Waals surface area contributed by atoms with Crippen LogP contribution in [-0.4, -0.2) is 34.5 Å². The van der Waals surface area contributed by atoms with Crippen LogP contribution in [0.15, 0.2) is 48.7 Å². The summed E-state index contributed by atoms with van der Waals surface area (Å²) in [6.45, 7) is 1.91. The smallest absolute Gasteiger partial charge is 0.244 e. The SMILES string of the molecule is CC(=O)c1ccc(-c2cc(Cl)c3c(c2)C[C@@H](CNC(=O)/C=C/c2cccnn2)O3)s1. The Morgan fingerprint density at radius 1 is 1.33 bits per heavy atom. The van der Waals surface area contributed by atoms with Gasteiger partial charge in [0.1, 0.15) is 11.9 Å². The number of nitrogens with one attached hydrogen (secondary N) is 1. The summed E-state index contributed by atoms with van der Waals surface area (Å²) in [4.78, 5) is 25.3. The predicted molar refractivity (Wildman–Crippen MR) is 117 cm³/mol. The molecule has 1 aromatic carbocycles. The molecule has 0 fully saturated rings. The Balaban J connectivity index is 1.39. The summed E-state index contributed by atoms with van der Waals surface area (Å²) in [5.41, 5.74) is 2.55. The number of amides is 1. The lowest BCUT2D eigenvalue weighted by Crippen LogP contribution is -2.33. The van der Waals surface area contributed by atoms with E-state index in [1.165, 1.54) is 17.4 Å². The van der Waals surface area contributed by atoms with Crippen LogP contribution in [0, 0.1) is 0 Å². The first kappa shape index (κ1) is 20.3. The maximum atomic E-state index is 12.1. The van der Waals surface area contributed by atoms with Crippen molar-refractivity contribution in [1.82, 2.24) is 15.5 Å². The van der Waals surface area contributed by atoms with Gasteiger partial charge in [0.05, 0.1) is 22.1 Å². The van der Waals surface area contributed by atoms with Crippen LogP contribution < -0.4 is 10.1 Å². The first-order valence-corrected chi connectivity index (χ1v) is 10.5. The van der Waals surface area contributed by atoms with Crippen molar-refractivity contribution < 1.29 is 14.3 Å². The zero-order chi connectivity index (χ0) is 21.1. The fourth-order valence-corrected chi connectivity index (χ4v) is 4.33. The van der Waals surface area contributed by atoms with Gasteiger partial charge in [0.15, 0.2) is 5.78 Å². The lowest BCUT2D eigenvalue weighted by atomic mass is 10.1. The third kappa shape index (κ3) is 4.58. The van der Waals surface area contributed by atoms with Crippen molar-refractivity contribution in [2.45, 2.75) is 19.4 Å². The van der Waals surface area contributed by atoms with Gasteiger partial charge in [-0.2, -0.15) is 10.2 Å². The van der Waals surface area contributed by atoms with Crippen LogP contribution in [0.3, 0.4) is 0 Å². The molecule has 8 heteroatoms.